The number of ether oxygens (including phenoxy) is 1. The Balaban J connectivity index is 2.04. The molecule has 1 aromatic carbocycles. The van der Waals surface area contributed by atoms with Crippen LogP contribution in [0.1, 0.15) is 18.4 Å². The number of nitrogens with one attached hydrogen (secondary N) is 2. The molecule has 0 spiro atoms. The number of aromatic amines is 1. The predicted molar refractivity (Wildman–Crippen MR) is 75.2 cm³/mol. The minimum absolute atomic E-state index is 0.0416. The van der Waals surface area contributed by atoms with Crippen molar-refractivity contribution in [3.8, 4) is 6.01 Å². The van der Waals surface area contributed by atoms with E-state index in [0.29, 0.717) is 0 Å². The number of benzene rings is 1. The summed E-state index contributed by atoms with van der Waals surface area (Å²) in [5.41, 5.74) is 0.966. The van der Waals surface area contributed by atoms with Crippen molar-refractivity contribution in [3.63, 3.8) is 0 Å². The fraction of sp³-hybridized carbons (Fsp3) is 0.333. The van der Waals surface area contributed by atoms with Gasteiger partial charge in [-0.05, 0) is 11.5 Å². The summed E-state index contributed by atoms with van der Waals surface area (Å²) < 4.78 is 31.2. The first-order valence-corrected chi connectivity index (χ1v) is 7.67. The Labute approximate surface area is 117 Å². The van der Waals surface area contributed by atoms with E-state index in [2.05, 4.69) is 19.9 Å². The van der Waals surface area contributed by atoms with Crippen LogP contribution in [0.3, 0.4) is 0 Å². The van der Waals surface area contributed by atoms with Gasteiger partial charge in [0, 0.05) is 0 Å². The zero-order valence-electron chi connectivity index (χ0n) is 11.2. The van der Waals surface area contributed by atoms with E-state index in [4.69, 9.17) is 4.74 Å². The van der Waals surface area contributed by atoms with Gasteiger partial charge in [0.25, 0.3) is 0 Å². The maximum atomic E-state index is 12.0. The van der Waals surface area contributed by atoms with Gasteiger partial charge in [-0.15, -0.1) is 5.10 Å². The normalized spacial score (nSPS) is 12.9. The zero-order valence-corrected chi connectivity index (χ0v) is 12.0. The molecule has 1 atom stereocenters. The fourth-order valence-corrected chi connectivity index (χ4v) is 3.10. The topological polar surface area (TPSA) is 97.0 Å². The van der Waals surface area contributed by atoms with Crippen molar-refractivity contribution in [1.82, 2.24) is 15.2 Å². The Morgan fingerprint density at radius 1 is 1.35 bits per heavy atom. The van der Waals surface area contributed by atoms with Crippen LogP contribution >= 0.6 is 0 Å². The SMILES string of the molecule is COc1n[nH]c(NS(=O)(=O)CC(C)c2ccccc2)n1. The number of nitrogens with zero attached hydrogens (tertiary/aromatic N) is 2. The third kappa shape index (κ3) is 3.70. The summed E-state index contributed by atoms with van der Waals surface area (Å²) in [5.74, 6) is -0.124. The molecule has 0 bridgehead atoms. The van der Waals surface area contributed by atoms with Gasteiger partial charge in [-0.3, -0.25) is 4.72 Å². The molecule has 0 fully saturated rings. The van der Waals surface area contributed by atoms with E-state index in [-0.39, 0.29) is 23.6 Å². The molecule has 0 saturated carbocycles. The molecular formula is C12H16N4O3S. The van der Waals surface area contributed by atoms with E-state index in [1.807, 2.05) is 37.3 Å². The van der Waals surface area contributed by atoms with Crippen LogP contribution in [-0.2, 0) is 10.0 Å². The van der Waals surface area contributed by atoms with Crippen LogP contribution in [0.4, 0.5) is 5.95 Å². The van der Waals surface area contributed by atoms with Gasteiger partial charge in [-0.1, -0.05) is 37.3 Å². The van der Waals surface area contributed by atoms with E-state index in [1.165, 1.54) is 7.11 Å². The number of sulfonamides is 1. The van der Waals surface area contributed by atoms with Crippen molar-refractivity contribution in [1.29, 1.82) is 0 Å². The molecule has 0 aliphatic heterocycles. The average Bonchev–Trinajstić information content (AvgIpc) is 2.86. The number of rotatable bonds is 6. The highest BCUT2D eigenvalue weighted by Gasteiger charge is 2.18. The van der Waals surface area contributed by atoms with E-state index >= 15 is 0 Å². The fourth-order valence-electron chi connectivity index (χ4n) is 1.78. The number of methoxy groups -OCH3 is 1. The van der Waals surface area contributed by atoms with Crippen molar-refractivity contribution in [3.05, 3.63) is 35.9 Å². The molecule has 2 aromatic rings. The van der Waals surface area contributed by atoms with Gasteiger partial charge in [0.2, 0.25) is 16.0 Å². The van der Waals surface area contributed by atoms with E-state index in [0.717, 1.165) is 5.56 Å². The molecule has 2 rings (SSSR count). The minimum Gasteiger partial charge on any atom is -0.466 e. The molecule has 1 unspecified atom stereocenters. The maximum Gasteiger partial charge on any atom is 0.336 e. The van der Waals surface area contributed by atoms with E-state index < -0.39 is 10.0 Å². The molecular weight excluding hydrogens is 280 g/mol. The molecule has 20 heavy (non-hydrogen) atoms. The highest BCUT2D eigenvalue weighted by atomic mass is 32.2. The predicted octanol–water partition coefficient (Wildman–Crippen LogP) is 1.36. The van der Waals surface area contributed by atoms with Gasteiger partial charge in [0.1, 0.15) is 0 Å². The number of hydrogen-bond donors (Lipinski definition) is 2. The lowest BCUT2D eigenvalue weighted by molar-refractivity contribution is 0.382. The summed E-state index contributed by atoms with van der Waals surface area (Å²) in [5, 5.41) is 6.12. The summed E-state index contributed by atoms with van der Waals surface area (Å²) in [7, 11) is -2.11. The Hall–Kier alpha value is -2.09. The molecule has 108 valence electrons. The molecule has 0 aliphatic carbocycles. The molecule has 7 nitrogen and oxygen atoms in total. The van der Waals surface area contributed by atoms with Crippen LogP contribution in [0.2, 0.25) is 0 Å². The van der Waals surface area contributed by atoms with Crippen LogP contribution in [0.5, 0.6) is 6.01 Å². The molecule has 0 aliphatic rings. The first-order valence-electron chi connectivity index (χ1n) is 6.02. The minimum atomic E-state index is -3.52. The Bertz CT molecular complexity index is 654. The summed E-state index contributed by atoms with van der Waals surface area (Å²) in [6, 6.07) is 9.54. The maximum absolute atomic E-state index is 12.0. The summed E-state index contributed by atoms with van der Waals surface area (Å²) in [6.07, 6.45) is 0. The Morgan fingerprint density at radius 2 is 2.05 bits per heavy atom. The molecule has 2 N–H and O–H groups in total. The van der Waals surface area contributed by atoms with E-state index in [9.17, 15) is 8.42 Å². The molecule has 1 heterocycles. The molecule has 0 saturated heterocycles. The van der Waals surface area contributed by atoms with Gasteiger partial charge in [-0.2, -0.15) is 4.98 Å². The van der Waals surface area contributed by atoms with Gasteiger partial charge < -0.3 is 4.74 Å². The van der Waals surface area contributed by atoms with Crippen LogP contribution in [0.15, 0.2) is 30.3 Å². The van der Waals surface area contributed by atoms with Crippen LogP contribution in [0, 0.1) is 0 Å². The largest absolute Gasteiger partial charge is 0.466 e. The molecule has 8 heteroatoms. The van der Waals surface area contributed by atoms with Crippen molar-refractivity contribution < 1.29 is 13.2 Å². The molecule has 0 radical (unpaired) electrons. The summed E-state index contributed by atoms with van der Waals surface area (Å²) in [4.78, 5) is 3.81. The summed E-state index contributed by atoms with van der Waals surface area (Å²) >= 11 is 0. The van der Waals surface area contributed by atoms with Crippen LogP contribution < -0.4 is 9.46 Å². The second-order valence-corrected chi connectivity index (χ2v) is 6.13. The van der Waals surface area contributed by atoms with Gasteiger partial charge in [-0.25, -0.2) is 13.5 Å². The van der Waals surface area contributed by atoms with Crippen LogP contribution in [-0.4, -0.2) is 36.5 Å². The molecule has 1 aromatic heterocycles. The van der Waals surface area contributed by atoms with Gasteiger partial charge in [0.15, 0.2) is 0 Å². The van der Waals surface area contributed by atoms with Crippen molar-refractivity contribution in [2.45, 2.75) is 12.8 Å². The van der Waals surface area contributed by atoms with Crippen LogP contribution in [0.25, 0.3) is 0 Å². The second-order valence-electron chi connectivity index (χ2n) is 4.37. The third-order valence-corrected chi connectivity index (χ3v) is 4.18. The monoisotopic (exact) mass is 296 g/mol. The highest BCUT2D eigenvalue weighted by Crippen LogP contribution is 2.17. The zero-order chi connectivity index (χ0) is 14.6. The van der Waals surface area contributed by atoms with E-state index in [1.54, 1.807) is 0 Å². The third-order valence-electron chi connectivity index (χ3n) is 2.74. The van der Waals surface area contributed by atoms with Gasteiger partial charge >= 0.3 is 6.01 Å². The molecule has 0 amide bonds. The Kier molecular flexibility index (Phi) is 4.23. The standard InChI is InChI=1S/C12H16N4O3S/c1-9(10-6-4-3-5-7-10)8-20(17,18)16-11-13-12(19-2)15-14-11/h3-7,9H,8H2,1-2H3,(H2,13,14,15,16). The quantitative estimate of drug-likeness (QED) is 0.839. The first kappa shape index (κ1) is 14.3. The smallest absolute Gasteiger partial charge is 0.336 e. The summed E-state index contributed by atoms with van der Waals surface area (Å²) in [6.45, 7) is 1.86. The Morgan fingerprint density at radius 3 is 2.65 bits per heavy atom. The second kappa shape index (κ2) is 5.91. The number of anilines is 1. The van der Waals surface area contributed by atoms with Crippen molar-refractivity contribution in [2.24, 2.45) is 0 Å². The highest BCUT2D eigenvalue weighted by molar-refractivity contribution is 7.92. The van der Waals surface area contributed by atoms with Crippen molar-refractivity contribution >= 4 is 16.0 Å². The number of hydrogen-bond acceptors (Lipinski definition) is 5. The van der Waals surface area contributed by atoms with Crippen molar-refractivity contribution in [2.75, 3.05) is 17.6 Å². The number of H-pyrrole nitrogens is 1. The lowest BCUT2D eigenvalue weighted by Gasteiger charge is -2.12. The average molecular weight is 296 g/mol. The first-order chi connectivity index (χ1) is 9.50. The van der Waals surface area contributed by atoms with Gasteiger partial charge in [0.05, 0.1) is 12.9 Å². The number of aromatic nitrogens is 3. The lowest BCUT2D eigenvalue weighted by atomic mass is 10.0. The lowest BCUT2D eigenvalue weighted by Crippen LogP contribution is -2.21.